The van der Waals surface area contributed by atoms with E-state index >= 15 is 0 Å². The predicted molar refractivity (Wildman–Crippen MR) is 66.0 cm³/mol. The standard InChI is InChI=1S/C13H18FNO3/c14-10-5-6-12(17)11(9-10)13(18)15-7-3-1-2-4-8-16/h5-6,9,16-17H,1-4,7-8H2,(H,15,18). The number of hydrogen-bond donors (Lipinski definition) is 3. The van der Waals surface area contributed by atoms with Crippen LogP contribution in [0.15, 0.2) is 18.2 Å². The zero-order chi connectivity index (χ0) is 13.4. The number of carbonyl (C=O) groups excluding carboxylic acids is 1. The Morgan fingerprint density at radius 1 is 1.22 bits per heavy atom. The van der Waals surface area contributed by atoms with Gasteiger partial charge in [0.05, 0.1) is 5.56 Å². The molecule has 0 aliphatic rings. The molecule has 0 fully saturated rings. The molecule has 1 aromatic carbocycles. The van der Waals surface area contributed by atoms with Gasteiger partial charge in [0.2, 0.25) is 0 Å². The number of unbranched alkanes of at least 4 members (excludes halogenated alkanes) is 3. The molecule has 0 saturated heterocycles. The minimum absolute atomic E-state index is 0.0506. The summed E-state index contributed by atoms with van der Waals surface area (Å²) in [6.07, 6.45) is 3.38. The zero-order valence-electron chi connectivity index (χ0n) is 10.2. The van der Waals surface area contributed by atoms with Crippen LogP contribution in [0, 0.1) is 5.82 Å². The van der Waals surface area contributed by atoms with Crippen LogP contribution in [-0.4, -0.2) is 29.3 Å². The molecule has 0 bridgehead atoms. The van der Waals surface area contributed by atoms with E-state index in [4.69, 9.17) is 5.11 Å². The van der Waals surface area contributed by atoms with E-state index in [2.05, 4.69) is 5.32 Å². The summed E-state index contributed by atoms with van der Waals surface area (Å²) in [5.41, 5.74) is -0.0506. The number of hydrogen-bond acceptors (Lipinski definition) is 3. The molecular weight excluding hydrogens is 237 g/mol. The molecule has 4 nitrogen and oxygen atoms in total. The molecule has 1 rings (SSSR count). The number of aliphatic hydroxyl groups is 1. The maximum Gasteiger partial charge on any atom is 0.255 e. The van der Waals surface area contributed by atoms with Crippen LogP contribution in [0.2, 0.25) is 0 Å². The summed E-state index contributed by atoms with van der Waals surface area (Å²) in [6, 6.07) is 3.27. The van der Waals surface area contributed by atoms with Gasteiger partial charge in [-0.2, -0.15) is 0 Å². The molecule has 0 heterocycles. The fourth-order valence-electron chi connectivity index (χ4n) is 1.58. The molecule has 0 spiro atoms. The highest BCUT2D eigenvalue weighted by atomic mass is 19.1. The van der Waals surface area contributed by atoms with Crippen LogP contribution < -0.4 is 5.32 Å². The summed E-state index contributed by atoms with van der Waals surface area (Å²) < 4.78 is 12.9. The minimum Gasteiger partial charge on any atom is -0.507 e. The molecule has 5 heteroatoms. The summed E-state index contributed by atoms with van der Waals surface area (Å²) >= 11 is 0. The normalized spacial score (nSPS) is 10.3. The van der Waals surface area contributed by atoms with E-state index in [9.17, 15) is 14.3 Å². The highest BCUT2D eigenvalue weighted by molar-refractivity contribution is 5.96. The molecule has 0 aliphatic heterocycles. The number of nitrogens with one attached hydrogen (secondary N) is 1. The SMILES string of the molecule is O=C(NCCCCCCO)c1cc(F)ccc1O. The van der Waals surface area contributed by atoms with Crippen LogP contribution >= 0.6 is 0 Å². The Balaban J connectivity index is 2.34. The van der Waals surface area contributed by atoms with E-state index in [-0.39, 0.29) is 17.9 Å². The monoisotopic (exact) mass is 255 g/mol. The van der Waals surface area contributed by atoms with Crippen molar-refractivity contribution in [1.29, 1.82) is 0 Å². The molecule has 18 heavy (non-hydrogen) atoms. The van der Waals surface area contributed by atoms with E-state index in [1.165, 1.54) is 0 Å². The lowest BCUT2D eigenvalue weighted by molar-refractivity contribution is 0.0949. The average Bonchev–Trinajstić information content (AvgIpc) is 2.36. The van der Waals surface area contributed by atoms with Crippen LogP contribution in [0.5, 0.6) is 5.75 Å². The largest absolute Gasteiger partial charge is 0.507 e. The molecule has 0 radical (unpaired) electrons. The lowest BCUT2D eigenvalue weighted by Crippen LogP contribution is -2.24. The fraction of sp³-hybridized carbons (Fsp3) is 0.462. The summed E-state index contributed by atoms with van der Waals surface area (Å²) in [7, 11) is 0. The van der Waals surface area contributed by atoms with Crippen molar-refractivity contribution >= 4 is 5.91 Å². The van der Waals surface area contributed by atoms with E-state index in [1.54, 1.807) is 0 Å². The Bertz CT molecular complexity index is 396. The van der Waals surface area contributed by atoms with Crippen LogP contribution in [0.3, 0.4) is 0 Å². The Labute approximate surface area is 105 Å². The number of rotatable bonds is 7. The van der Waals surface area contributed by atoms with Gasteiger partial charge in [-0.15, -0.1) is 0 Å². The van der Waals surface area contributed by atoms with Crippen LogP contribution in [0.25, 0.3) is 0 Å². The number of phenols is 1. The van der Waals surface area contributed by atoms with Gasteiger partial charge in [0.15, 0.2) is 0 Å². The quantitative estimate of drug-likeness (QED) is 0.651. The third kappa shape index (κ3) is 4.71. The first-order chi connectivity index (χ1) is 8.65. The summed E-state index contributed by atoms with van der Waals surface area (Å²) in [6.45, 7) is 0.656. The Morgan fingerprint density at radius 3 is 2.67 bits per heavy atom. The number of aliphatic hydroxyl groups excluding tert-OH is 1. The molecule has 0 saturated carbocycles. The van der Waals surface area contributed by atoms with Crippen molar-refractivity contribution in [2.24, 2.45) is 0 Å². The van der Waals surface area contributed by atoms with E-state index in [0.717, 1.165) is 43.9 Å². The second kappa shape index (κ2) is 7.66. The Hall–Kier alpha value is -1.62. The predicted octanol–water partition coefficient (Wildman–Crippen LogP) is 1.81. The van der Waals surface area contributed by atoms with E-state index in [0.29, 0.717) is 6.54 Å². The third-order valence-corrected chi connectivity index (χ3v) is 2.57. The summed E-state index contributed by atoms with van der Waals surface area (Å²) in [5, 5.41) is 20.6. The van der Waals surface area contributed by atoms with Gasteiger partial charge in [-0.1, -0.05) is 12.8 Å². The fourth-order valence-corrected chi connectivity index (χ4v) is 1.58. The molecule has 1 amide bonds. The van der Waals surface area contributed by atoms with Crippen molar-refractivity contribution in [2.75, 3.05) is 13.2 Å². The highest BCUT2D eigenvalue weighted by Crippen LogP contribution is 2.17. The zero-order valence-corrected chi connectivity index (χ0v) is 10.2. The number of benzene rings is 1. The van der Waals surface area contributed by atoms with Gasteiger partial charge >= 0.3 is 0 Å². The van der Waals surface area contributed by atoms with Crippen LogP contribution in [-0.2, 0) is 0 Å². The first kappa shape index (κ1) is 14.4. The molecule has 0 unspecified atom stereocenters. The van der Waals surface area contributed by atoms with Crippen molar-refractivity contribution in [1.82, 2.24) is 5.32 Å². The number of aromatic hydroxyl groups is 1. The maximum absolute atomic E-state index is 12.9. The molecule has 0 atom stereocenters. The third-order valence-electron chi connectivity index (χ3n) is 2.57. The first-order valence-corrected chi connectivity index (χ1v) is 6.02. The molecule has 100 valence electrons. The van der Waals surface area contributed by atoms with Gasteiger partial charge in [-0.25, -0.2) is 4.39 Å². The highest BCUT2D eigenvalue weighted by Gasteiger charge is 2.11. The Morgan fingerprint density at radius 2 is 1.94 bits per heavy atom. The lowest BCUT2D eigenvalue weighted by Gasteiger charge is -2.06. The van der Waals surface area contributed by atoms with Gasteiger partial charge in [0.25, 0.3) is 5.91 Å². The van der Waals surface area contributed by atoms with Crippen molar-refractivity contribution in [3.05, 3.63) is 29.6 Å². The lowest BCUT2D eigenvalue weighted by atomic mass is 10.1. The van der Waals surface area contributed by atoms with Gasteiger partial charge in [-0.3, -0.25) is 4.79 Å². The summed E-state index contributed by atoms with van der Waals surface area (Å²) in [5.74, 6) is -1.26. The number of amides is 1. The second-order valence-electron chi connectivity index (χ2n) is 4.06. The van der Waals surface area contributed by atoms with Crippen LogP contribution in [0.4, 0.5) is 4.39 Å². The van der Waals surface area contributed by atoms with Gasteiger partial charge in [0.1, 0.15) is 11.6 Å². The van der Waals surface area contributed by atoms with Crippen LogP contribution in [0.1, 0.15) is 36.0 Å². The van der Waals surface area contributed by atoms with Gasteiger partial charge in [-0.05, 0) is 31.0 Å². The number of halogens is 1. The van der Waals surface area contributed by atoms with Crippen molar-refractivity contribution < 1.29 is 19.4 Å². The molecular formula is C13H18FNO3. The topological polar surface area (TPSA) is 69.6 Å². The first-order valence-electron chi connectivity index (χ1n) is 6.02. The van der Waals surface area contributed by atoms with Crippen molar-refractivity contribution in [3.8, 4) is 5.75 Å². The summed E-state index contributed by atoms with van der Waals surface area (Å²) in [4.78, 5) is 11.6. The van der Waals surface area contributed by atoms with Gasteiger partial charge < -0.3 is 15.5 Å². The molecule has 0 aliphatic carbocycles. The molecule has 1 aromatic rings. The molecule has 3 N–H and O–H groups in total. The number of phenolic OH excluding ortho intramolecular Hbond substituents is 1. The minimum atomic E-state index is -0.555. The van der Waals surface area contributed by atoms with Crippen molar-refractivity contribution in [3.63, 3.8) is 0 Å². The van der Waals surface area contributed by atoms with E-state index in [1.807, 2.05) is 0 Å². The number of carbonyl (C=O) groups is 1. The Kier molecular flexibility index (Phi) is 6.14. The second-order valence-corrected chi connectivity index (χ2v) is 4.06. The van der Waals surface area contributed by atoms with Gasteiger partial charge in [0, 0.05) is 13.2 Å². The van der Waals surface area contributed by atoms with E-state index < -0.39 is 11.7 Å². The molecule has 0 aromatic heterocycles. The van der Waals surface area contributed by atoms with Crippen molar-refractivity contribution in [2.45, 2.75) is 25.7 Å². The maximum atomic E-state index is 12.9. The smallest absolute Gasteiger partial charge is 0.255 e. The average molecular weight is 255 g/mol.